The van der Waals surface area contributed by atoms with Crippen molar-refractivity contribution in [3.8, 4) is 5.88 Å². The van der Waals surface area contributed by atoms with E-state index in [1.165, 1.54) is 6.20 Å². The second kappa shape index (κ2) is 24.4. The van der Waals surface area contributed by atoms with Gasteiger partial charge in [0.05, 0.1) is 69.7 Å². The zero-order chi connectivity index (χ0) is 45.4. The Morgan fingerprint density at radius 2 is 1.55 bits per heavy atom. The molecule has 2 atom stereocenters. The maximum Gasteiger partial charge on any atom is 0.255 e. The molecule has 1 fully saturated rings. The van der Waals surface area contributed by atoms with Gasteiger partial charge in [-0.1, -0.05) is 35.3 Å². The van der Waals surface area contributed by atoms with Crippen LogP contribution in [0.2, 0.25) is 10.2 Å². The van der Waals surface area contributed by atoms with Gasteiger partial charge < -0.3 is 33.3 Å². The van der Waals surface area contributed by atoms with Crippen LogP contribution in [0.4, 0.5) is 0 Å². The molecule has 1 unspecified atom stereocenters. The summed E-state index contributed by atoms with van der Waals surface area (Å²) in [4.78, 5) is 73.0. The van der Waals surface area contributed by atoms with Crippen LogP contribution in [0.5, 0.6) is 5.88 Å². The highest BCUT2D eigenvalue weighted by molar-refractivity contribution is 6.30. The lowest BCUT2D eigenvalue weighted by atomic mass is 10.00. The lowest BCUT2D eigenvalue weighted by molar-refractivity contribution is -0.137. The van der Waals surface area contributed by atoms with Crippen molar-refractivity contribution in [3.05, 3.63) is 86.4 Å². The number of ketones is 2. The molecule has 6 rings (SSSR count). The number of methoxy groups -OCH3 is 1. The highest BCUT2D eigenvalue weighted by atomic mass is 35.5. The molecule has 0 radical (unpaired) electrons. The SMILES string of the molecule is CO[C@@H](C)c1c(CC(=O)Cc2cc(Cl)cnc2OCCCC(=O)CCOCCOCCOCCOCCCc2cccc3c2CN(C2CCC(=O)NC2=O)C3=O)cnc2cc(Cl)nn12. The average molecular weight is 926 g/mol. The Hall–Kier alpha value is -4.88. The first-order chi connectivity index (χ1) is 31.0. The number of amides is 3. The fraction of sp³-hybridized carbons (Fsp3) is 0.511. The Bertz CT molecular complexity index is 2270. The number of nitrogens with one attached hydrogen (secondary N) is 1. The Labute approximate surface area is 381 Å². The molecule has 5 heterocycles. The number of nitrogens with zero attached hydrogens (tertiary/aromatic N) is 5. The normalized spacial score (nSPS) is 15.5. The summed E-state index contributed by atoms with van der Waals surface area (Å²) >= 11 is 12.3. The summed E-state index contributed by atoms with van der Waals surface area (Å²) in [5, 5.41) is 7.30. The van der Waals surface area contributed by atoms with E-state index in [2.05, 4.69) is 20.4 Å². The molecular weight excluding hydrogens is 871 g/mol. The number of ether oxygens (including phenoxy) is 6. The third-order valence-electron chi connectivity index (χ3n) is 10.9. The molecule has 0 aliphatic carbocycles. The van der Waals surface area contributed by atoms with E-state index in [0.29, 0.717) is 105 Å². The number of Topliss-reactive ketones (excluding diaryl/α,β-unsaturated/α-hetero) is 2. The van der Waals surface area contributed by atoms with E-state index in [1.54, 1.807) is 40.9 Å². The van der Waals surface area contributed by atoms with Gasteiger partial charge in [0.25, 0.3) is 5.91 Å². The summed E-state index contributed by atoms with van der Waals surface area (Å²) in [5.41, 5.74) is 5.03. The van der Waals surface area contributed by atoms with Crippen LogP contribution in [0.25, 0.3) is 5.65 Å². The predicted octanol–water partition coefficient (Wildman–Crippen LogP) is 5.07. The minimum atomic E-state index is -0.631. The molecule has 3 amide bonds. The zero-order valence-electron chi connectivity index (χ0n) is 36.1. The third-order valence-corrected chi connectivity index (χ3v) is 11.3. The summed E-state index contributed by atoms with van der Waals surface area (Å²) in [5.74, 6) is -0.678. The van der Waals surface area contributed by atoms with E-state index in [4.69, 9.17) is 51.6 Å². The van der Waals surface area contributed by atoms with Crippen molar-refractivity contribution < 1.29 is 52.4 Å². The summed E-state index contributed by atoms with van der Waals surface area (Å²) in [6.45, 7) is 5.67. The van der Waals surface area contributed by atoms with E-state index < -0.39 is 11.9 Å². The Balaban J connectivity index is 0.763. The zero-order valence-corrected chi connectivity index (χ0v) is 37.6. The van der Waals surface area contributed by atoms with Crippen LogP contribution in [0.1, 0.15) is 89.9 Å². The number of hydrogen-bond acceptors (Lipinski definition) is 14. The van der Waals surface area contributed by atoms with E-state index in [0.717, 1.165) is 24.0 Å². The van der Waals surface area contributed by atoms with Gasteiger partial charge in [-0.3, -0.25) is 29.3 Å². The molecular formula is C45H54Cl2N6O11. The monoisotopic (exact) mass is 924 g/mol. The number of rotatable bonds is 28. The van der Waals surface area contributed by atoms with Crippen LogP contribution in [-0.4, -0.2) is 126 Å². The lowest BCUT2D eigenvalue weighted by Crippen LogP contribution is -2.52. The van der Waals surface area contributed by atoms with Crippen LogP contribution in [0, 0.1) is 0 Å². The maximum atomic E-state index is 13.3. The minimum Gasteiger partial charge on any atom is -0.477 e. The summed E-state index contributed by atoms with van der Waals surface area (Å²) in [6.07, 6.45) is 5.90. The lowest BCUT2D eigenvalue weighted by Gasteiger charge is -2.29. The van der Waals surface area contributed by atoms with Gasteiger partial charge in [0.15, 0.2) is 10.8 Å². The number of pyridine rings is 1. The Morgan fingerprint density at radius 3 is 2.28 bits per heavy atom. The van der Waals surface area contributed by atoms with Gasteiger partial charge in [0.2, 0.25) is 17.7 Å². The molecule has 1 aromatic carbocycles. The fourth-order valence-electron chi connectivity index (χ4n) is 7.61. The second-order valence-electron chi connectivity index (χ2n) is 15.4. The molecule has 17 nitrogen and oxygen atoms in total. The predicted molar refractivity (Wildman–Crippen MR) is 234 cm³/mol. The maximum absolute atomic E-state index is 13.3. The molecule has 2 aliphatic heterocycles. The highest BCUT2D eigenvalue weighted by Gasteiger charge is 2.39. The van der Waals surface area contributed by atoms with Gasteiger partial charge in [-0.05, 0) is 55.9 Å². The molecule has 19 heteroatoms. The van der Waals surface area contributed by atoms with E-state index in [-0.39, 0.29) is 79.4 Å². The number of aromatic nitrogens is 4. The first-order valence-electron chi connectivity index (χ1n) is 21.4. The topological polar surface area (TPSA) is 199 Å². The number of hydrogen-bond donors (Lipinski definition) is 1. The van der Waals surface area contributed by atoms with Gasteiger partial charge in [-0.2, -0.15) is 5.10 Å². The molecule has 4 aromatic rings. The molecule has 344 valence electrons. The number of halogens is 2. The average Bonchev–Trinajstić information content (AvgIpc) is 3.82. The van der Waals surface area contributed by atoms with Crippen LogP contribution in [0.15, 0.2) is 42.7 Å². The molecule has 0 saturated carbocycles. The smallest absolute Gasteiger partial charge is 0.255 e. The second-order valence-corrected chi connectivity index (χ2v) is 16.3. The number of piperidine rings is 1. The van der Waals surface area contributed by atoms with Crippen LogP contribution >= 0.6 is 23.2 Å². The number of carbonyl (C=O) groups is 5. The molecule has 1 N–H and O–H groups in total. The quantitative estimate of drug-likeness (QED) is 0.0585. The molecule has 1 saturated heterocycles. The molecule has 0 spiro atoms. The molecule has 2 aliphatic rings. The number of imide groups is 1. The summed E-state index contributed by atoms with van der Waals surface area (Å²) in [7, 11) is 1.58. The van der Waals surface area contributed by atoms with Crippen molar-refractivity contribution in [1.82, 2.24) is 29.8 Å². The van der Waals surface area contributed by atoms with Crippen LogP contribution < -0.4 is 10.1 Å². The minimum absolute atomic E-state index is 0.0215. The Morgan fingerprint density at radius 1 is 0.828 bits per heavy atom. The van der Waals surface area contributed by atoms with E-state index in [9.17, 15) is 24.0 Å². The summed E-state index contributed by atoms with van der Waals surface area (Å²) in [6, 6.07) is 8.31. The fourth-order valence-corrected chi connectivity index (χ4v) is 7.97. The van der Waals surface area contributed by atoms with Crippen LogP contribution in [-0.2, 0) is 68.7 Å². The molecule has 0 bridgehead atoms. The van der Waals surface area contributed by atoms with Crippen molar-refractivity contribution in [2.75, 3.05) is 66.6 Å². The standard InChI is InChI=1S/C45H54Cl2N6O11/c1-29(59-2)42-32(26-48-40-25-39(47)51-53(40)42)24-35(55)23-31-22-33(46)27-49-44(31)64-14-5-8-34(54)12-15-61-17-19-63-21-20-62-18-16-60-13-4-7-30-6-3-9-36-37(30)28-52(45(36)58)38-10-11-41(56)50-43(38)57/h3,6,9,22,25-27,29,38H,4-5,7-8,10-21,23-24,28H2,1-2H3,(H,50,56,57)/t29-,38?/m0/s1. The highest BCUT2D eigenvalue weighted by Crippen LogP contribution is 2.31. The van der Waals surface area contributed by atoms with Gasteiger partial charge in [-0.25, -0.2) is 14.5 Å². The number of carbonyl (C=O) groups excluding carboxylic acids is 5. The molecule has 3 aromatic heterocycles. The van der Waals surface area contributed by atoms with Crippen molar-refractivity contribution in [1.29, 1.82) is 0 Å². The van der Waals surface area contributed by atoms with Gasteiger partial charge in [-0.15, -0.1) is 0 Å². The third kappa shape index (κ3) is 13.6. The number of aryl methyl sites for hydroxylation is 1. The van der Waals surface area contributed by atoms with E-state index >= 15 is 0 Å². The van der Waals surface area contributed by atoms with Gasteiger partial charge in [0, 0.05) is 87.5 Å². The summed E-state index contributed by atoms with van der Waals surface area (Å²) < 4.78 is 35.5. The van der Waals surface area contributed by atoms with Crippen LogP contribution in [0.3, 0.4) is 0 Å². The number of fused-ring (bicyclic) bond motifs is 2. The van der Waals surface area contributed by atoms with Gasteiger partial charge in [0.1, 0.15) is 17.6 Å². The molecule has 64 heavy (non-hydrogen) atoms. The number of benzene rings is 1. The van der Waals surface area contributed by atoms with Crippen molar-refractivity contribution >= 4 is 58.1 Å². The Kier molecular flexibility index (Phi) is 18.5. The largest absolute Gasteiger partial charge is 0.477 e. The first kappa shape index (κ1) is 48.6. The van der Waals surface area contributed by atoms with E-state index in [1.807, 2.05) is 19.1 Å². The van der Waals surface area contributed by atoms with Gasteiger partial charge >= 0.3 is 0 Å². The van der Waals surface area contributed by atoms with Crippen molar-refractivity contribution in [2.24, 2.45) is 0 Å². The van der Waals surface area contributed by atoms with Crippen molar-refractivity contribution in [3.63, 3.8) is 0 Å². The first-order valence-corrected chi connectivity index (χ1v) is 22.2. The van der Waals surface area contributed by atoms with Crippen molar-refractivity contribution in [2.45, 2.75) is 83.4 Å².